The summed E-state index contributed by atoms with van der Waals surface area (Å²) in [6.07, 6.45) is 1.72. The molecule has 4 aromatic rings. The number of rotatable bonds is 9. The normalized spacial score (nSPS) is 10.8. The van der Waals surface area contributed by atoms with E-state index in [-0.39, 0.29) is 5.91 Å². The average molecular weight is 454 g/mol. The highest BCUT2D eigenvalue weighted by Gasteiger charge is 2.15. The van der Waals surface area contributed by atoms with Crippen LogP contribution in [0.1, 0.15) is 47.8 Å². The quantitative estimate of drug-likeness (QED) is 0.292. The Morgan fingerprint density at radius 2 is 1.47 bits per heavy atom. The minimum atomic E-state index is -0.134. The number of nitrogens with one attached hydrogen (secondary N) is 1. The maximum Gasteiger partial charge on any atom is 0.255 e. The molecule has 0 aromatic heterocycles. The Morgan fingerprint density at radius 3 is 2.18 bits per heavy atom. The number of hydrogen-bond donors (Lipinski definition) is 1. The summed E-state index contributed by atoms with van der Waals surface area (Å²) in [6.45, 7) is 6.99. The van der Waals surface area contributed by atoms with Crippen molar-refractivity contribution in [3.63, 3.8) is 0 Å². The fraction of sp³-hybridized carbons (Fsp3) is 0.233. The molecule has 34 heavy (non-hydrogen) atoms. The van der Waals surface area contributed by atoms with Gasteiger partial charge in [-0.3, -0.25) is 4.79 Å². The van der Waals surface area contributed by atoms with Crippen LogP contribution in [0.25, 0.3) is 10.8 Å². The summed E-state index contributed by atoms with van der Waals surface area (Å²) in [5.41, 5.74) is 4.60. The number of amides is 1. The van der Waals surface area contributed by atoms with Crippen LogP contribution in [0.4, 0.5) is 5.69 Å². The zero-order chi connectivity index (χ0) is 23.9. The molecule has 1 N–H and O–H groups in total. The molecule has 0 bridgehead atoms. The van der Waals surface area contributed by atoms with Crippen LogP contribution in [0.5, 0.6) is 11.5 Å². The maximum absolute atomic E-state index is 13.2. The topological polar surface area (TPSA) is 47.6 Å². The predicted octanol–water partition coefficient (Wildman–Crippen LogP) is 7.19. The van der Waals surface area contributed by atoms with Gasteiger partial charge in [0, 0.05) is 16.8 Å². The van der Waals surface area contributed by atoms with Crippen LogP contribution in [0.3, 0.4) is 0 Å². The van der Waals surface area contributed by atoms with Crippen molar-refractivity contribution < 1.29 is 14.3 Å². The van der Waals surface area contributed by atoms with E-state index in [0.29, 0.717) is 18.8 Å². The molecule has 0 atom stereocenters. The fourth-order valence-corrected chi connectivity index (χ4v) is 4.14. The van der Waals surface area contributed by atoms with Gasteiger partial charge in [0.05, 0.1) is 6.61 Å². The molecule has 4 heteroatoms. The van der Waals surface area contributed by atoms with Gasteiger partial charge in [-0.15, -0.1) is 0 Å². The van der Waals surface area contributed by atoms with E-state index in [0.717, 1.165) is 52.1 Å². The molecule has 0 unspecified atom stereocenters. The smallest absolute Gasteiger partial charge is 0.255 e. The van der Waals surface area contributed by atoms with Crippen molar-refractivity contribution in [2.45, 2.75) is 40.2 Å². The van der Waals surface area contributed by atoms with Gasteiger partial charge in [0.15, 0.2) is 0 Å². The molecule has 0 heterocycles. The summed E-state index contributed by atoms with van der Waals surface area (Å²) in [4.78, 5) is 13.2. The Hall–Kier alpha value is -3.79. The Labute approximate surface area is 201 Å². The summed E-state index contributed by atoms with van der Waals surface area (Å²) in [6, 6.07) is 25.9. The minimum absolute atomic E-state index is 0.134. The van der Waals surface area contributed by atoms with E-state index in [9.17, 15) is 4.79 Å². The molecule has 0 saturated carbocycles. The fourth-order valence-electron chi connectivity index (χ4n) is 4.14. The SMILES string of the molecule is CCOc1ccc(C(=O)Nc2c(CC)cccc2CC)cc1COc1ccc2ccccc2c1. The lowest BCUT2D eigenvalue weighted by atomic mass is 10.0. The highest BCUT2D eigenvalue weighted by Crippen LogP contribution is 2.27. The van der Waals surface area contributed by atoms with Gasteiger partial charge in [-0.05, 0) is 72.0 Å². The monoisotopic (exact) mass is 453 g/mol. The van der Waals surface area contributed by atoms with Crippen molar-refractivity contribution in [3.8, 4) is 11.5 Å². The number of hydrogen-bond acceptors (Lipinski definition) is 3. The van der Waals surface area contributed by atoms with Gasteiger partial charge in [0.25, 0.3) is 5.91 Å². The Balaban J connectivity index is 1.57. The Bertz CT molecular complexity index is 1270. The van der Waals surface area contributed by atoms with Gasteiger partial charge in [-0.2, -0.15) is 0 Å². The minimum Gasteiger partial charge on any atom is -0.493 e. The van der Waals surface area contributed by atoms with E-state index in [2.05, 4.69) is 49.5 Å². The summed E-state index contributed by atoms with van der Waals surface area (Å²) < 4.78 is 11.9. The van der Waals surface area contributed by atoms with Gasteiger partial charge >= 0.3 is 0 Å². The van der Waals surface area contributed by atoms with Crippen LogP contribution in [0.15, 0.2) is 78.9 Å². The number of carbonyl (C=O) groups is 1. The van der Waals surface area contributed by atoms with E-state index in [1.165, 1.54) is 5.39 Å². The molecule has 174 valence electrons. The summed E-state index contributed by atoms with van der Waals surface area (Å²) >= 11 is 0. The molecule has 1 amide bonds. The third-order valence-electron chi connectivity index (χ3n) is 5.98. The van der Waals surface area contributed by atoms with Gasteiger partial charge in [-0.25, -0.2) is 0 Å². The zero-order valence-corrected chi connectivity index (χ0v) is 20.1. The third-order valence-corrected chi connectivity index (χ3v) is 5.98. The van der Waals surface area contributed by atoms with E-state index < -0.39 is 0 Å². The van der Waals surface area contributed by atoms with Crippen LogP contribution in [0, 0.1) is 0 Å². The Kier molecular flexibility index (Phi) is 7.48. The molecular weight excluding hydrogens is 422 g/mol. The molecule has 0 spiro atoms. The van der Waals surface area contributed by atoms with Crippen LogP contribution in [-0.2, 0) is 19.4 Å². The van der Waals surface area contributed by atoms with Crippen molar-refractivity contribution in [1.82, 2.24) is 0 Å². The van der Waals surface area contributed by atoms with Gasteiger partial charge < -0.3 is 14.8 Å². The van der Waals surface area contributed by atoms with E-state index in [4.69, 9.17) is 9.47 Å². The number of aryl methyl sites for hydroxylation is 2. The molecular formula is C30H31NO3. The second-order valence-corrected chi connectivity index (χ2v) is 8.17. The van der Waals surface area contributed by atoms with E-state index in [1.54, 1.807) is 6.07 Å². The molecule has 0 aliphatic carbocycles. The zero-order valence-electron chi connectivity index (χ0n) is 20.1. The molecule has 4 nitrogen and oxygen atoms in total. The number of benzene rings is 4. The van der Waals surface area contributed by atoms with Crippen molar-refractivity contribution in [3.05, 3.63) is 101 Å². The van der Waals surface area contributed by atoms with Crippen molar-refractivity contribution >= 4 is 22.4 Å². The van der Waals surface area contributed by atoms with Crippen LogP contribution in [0.2, 0.25) is 0 Å². The van der Waals surface area contributed by atoms with E-state index >= 15 is 0 Å². The van der Waals surface area contributed by atoms with Crippen molar-refractivity contribution in [1.29, 1.82) is 0 Å². The maximum atomic E-state index is 13.2. The summed E-state index contributed by atoms with van der Waals surface area (Å²) in [7, 11) is 0. The second-order valence-electron chi connectivity index (χ2n) is 8.17. The molecule has 0 radical (unpaired) electrons. The first-order valence-electron chi connectivity index (χ1n) is 11.9. The highest BCUT2D eigenvalue weighted by molar-refractivity contribution is 6.05. The number of fused-ring (bicyclic) bond motifs is 1. The first kappa shape index (κ1) is 23.4. The third kappa shape index (κ3) is 5.23. The number of anilines is 1. The molecule has 4 aromatic carbocycles. The lowest BCUT2D eigenvalue weighted by molar-refractivity contribution is 0.102. The van der Waals surface area contributed by atoms with Gasteiger partial charge in [-0.1, -0.05) is 62.4 Å². The number of para-hydroxylation sites is 1. The van der Waals surface area contributed by atoms with Gasteiger partial charge in [0.2, 0.25) is 0 Å². The van der Waals surface area contributed by atoms with Crippen LogP contribution in [-0.4, -0.2) is 12.5 Å². The lowest BCUT2D eigenvalue weighted by Gasteiger charge is -2.16. The first-order chi connectivity index (χ1) is 16.6. The van der Waals surface area contributed by atoms with Crippen molar-refractivity contribution in [2.24, 2.45) is 0 Å². The van der Waals surface area contributed by atoms with Crippen LogP contribution < -0.4 is 14.8 Å². The number of carbonyl (C=O) groups excluding carboxylic acids is 1. The first-order valence-corrected chi connectivity index (χ1v) is 11.9. The molecule has 0 aliphatic rings. The highest BCUT2D eigenvalue weighted by atomic mass is 16.5. The average Bonchev–Trinajstić information content (AvgIpc) is 2.88. The lowest BCUT2D eigenvalue weighted by Crippen LogP contribution is -2.15. The van der Waals surface area contributed by atoms with Crippen LogP contribution >= 0.6 is 0 Å². The Morgan fingerprint density at radius 1 is 0.735 bits per heavy atom. The van der Waals surface area contributed by atoms with Crippen molar-refractivity contribution in [2.75, 3.05) is 11.9 Å². The molecule has 4 rings (SSSR count). The second kappa shape index (κ2) is 10.9. The molecule has 0 aliphatic heterocycles. The molecule has 0 fully saturated rings. The standard InChI is InChI=1S/C30H31NO3/c1-4-21-12-9-13-22(5-2)29(21)31-30(32)25-15-17-28(33-6-3)26(18-25)20-34-27-16-14-23-10-7-8-11-24(23)19-27/h7-19H,4-6,20H2,1-3H3,(H,31,32). The van der Waals surface area contributed by atoms with E-state index in [1.807, 2.05) is 49.4 Å². The largest absolute Gasteiger partial charge is 0.493 e. The number of ether oxygens (including phenoxy) is 2. The van der Waals surface area contributed by atoms with Gasteiger partial charge in [0.1, 0.15) is 18.1 Å². The summed E-state index contributed by atoms with van der Waals surface area (Å²) in [5.74, 6) is 1.37. The summed E-state index contributed by atoms with van der Waals surface area (Å²) in [5, 5.41) is 5.44. The molecule has 0 saturated heterocycles. The predicted molar refractivity (Wildman–Crippen MR) is 139 cm³/mol.